The lowest BCUT2D eigenvalue weighted by atomic mass is 9.98. The van der Waals surface area contributed by atoms with Gasteiger partial charge in [0.25, 0.3) is 0 Å². The number of fused-ring (bicyclic) bond motifs is 1. The minimum atomic E-state index is 0.0724. The number of rotatable bonds is 9. The molecule has 5 nitrogen and oxygen atoms in total. The quantitative estimate of drug-likeness (QED) is 0.256. The van der Waals surface area contributed by atoms with Crippen molar-refractivity contribution in [2.75, 3.05) is 14.2 Å². The largest absolute Gasteiger partial charge is 0.497 e. The summed E-state index contributed by atoms with van der Waals surface area (Å²) < 4.78 is 13.1. The van der Waals surface area contributed by atoms with Gasteiger partial charge in [-0.25, -0.2) is 4.31 Å². The van der Waals surface area contributed by atoms with Gasteiger partial charge in [-0.15, -0.1) is 0 Å². The highest BCUT2D eigenvalue weighted by molar-refractivity contribution is 7.97. The van der Waals surface area contributed by atoms with E-state index in [9.17, 15) is 0 Å². The van der Waals surface area contributed by atoms with Crippen LogP contribution in [0, 0.1) is 0 Å². The molecule has 0 saturated heterocycles. The molecule has 188 valence electrons. The van der Waals surface area contributed by atoms with Gasteiger partial charge in [-0.05, 0) is 70.6 Å². The van der Waals surface area contributed by atoms with Crippen LogP contribution in [0.5, 0.6) is 11.5 Å². The first kappa shape index (κ1) is 24.8. The molecule has 1 atom stereocenters. The van der Waals surface area contributed by atoms with Crippen molar-refractivity contribution >= 4 is 17.6 Å². The Morgan fingerprint density at radius 2 is 1.43 bits per heavy atom. The van der Waals surface area contributed by atoms with Crippen molar-refractivity contribution in [3.8, 4) is 11.5 Å². The van der Waals surface area contributed by atoms with E-state index in [4.69, 9.17) is 15.2 Å². The third-order valence-electron chi connectivity index (χ3n) is 6.49. The summed E-state index contributed by atoms with van der Waals surface area (Å²) >= 11 is 1.76. The zero-order valence-corrected chi connectivity index (χ0v) is 21.9. The van der Waals surface area contributed by atoms with E-state index in [1.165, 1.54) is 27.1 Å². The van der Waals surface area contributed by atoms with Crippen molar-refractivity contribution in [2.45, 2.75) is 24.0 Å². The summed E-state index contributed by atoms with van der Waals surface area (Å²) in [7, 11) is 3.38. The summed E-state index contributed by atoms with van der Waals surface area (Å²) in [4.78, 5) is 1.18. The van der Waals surface area contributed by atoms with Crippen LogP contribution in [0.3, 0.4) is 0 Å². The molecule has 3 N–H and O–H groups in total. The van der Waals surface area contributed by atoms with E-state index in [0.717, 1.165) is 35.8 Å². The number of nitrogens with zero attached hydrogens (tertiary/aromatic N) is 1. The van der Waals surface area contributed by atoms with E-state index in [-0.39, 0.29) is 6.04 Å². The molecule has 0 aromatic heterocycles. The Morgan fingerprint density at radius 1 is 0.811 bits per heavy atom. The molecule has 4 aromatic rings. The van der Waals surface area contributed by atoms with Crippen LogP contribution in [0.15, 0.2) is 108 Å². The molecule has 1 unspecified atom stereocenters. The number of hydrogen-bond donors (Lipinski definition) is 2. The summed E-state index contributed by atoms with van der Waals surface area (Å²) in [5.74, 6) is 1.72. The molecule has 0 aliphatic carbocycles. The molecule has 37 heavy (non-hydrogen) atoms. The maximum absolute atomic E-state index is 5.92. The molecule has 0 saturated carbocycles. The van der Waals surface area contributed by atoms with Crippen molar-refractivity contribution < 1.29 is 9.47 Å². The van der Waals surface area contributed by atoms with Gasteiger partial charge in [0.1, 0.15) is 11.5 Å². The molecule has 1 heterocycles. The molecule has 0 bridgehead atoms. The maximum atomic E-state index is 5.92. The zero-order valence-electron chi connectivity index (χ0n) is 21.1. The molecule has 0 spiro atoms. The Hall–Kier alpha value is -3.87. The Morgan fingerprint density at radius 3 is 2.03 bits per heavy atom. The van der Waals surface area contributed by atoms with E-state index in [2.05, 4.69) is 82.4 Å². The SMILES string of the molecule is COc1ccc(CN(Cc2ccc(OC)cc2)Sc2cccc(C3N/C(=C\N)c4ccccc43)c2)cc1. The van der Waals surface area contributed by atoms with Crippen LogP contribution in [-0.4, -0.2) is 18.5 Å². The highest BCUT2D eigenvalue weighted by Crippen LogP contribution is 2.38. The standard InChI is InChI=1S/C31H31N3O2S/c1-35-25-14-10-22(11-15-25)20-34(21-23-12-16-26(36-2)17-13-23)37-27-7-5-6-24(18-27)31-29-9-4-3-8-28(29)30(19-32)33-31/h3-19,31,33H,20-21,32H2,1-2H3/b30-19-. The third kappa shape index (κ3) is 5.77. The van der Waals surface area contributed by atoms with Crippen LogP contribution in [0.25, 0.3) is 5.70 Å². The fourth-order valence-corrected chi connectivity index (χ4v) is 5.65. The average molecular weight is 510 g/mol. The van der Waals surface area contributed by atoms with Crippen molar-refractivity contribution in [3.05, 3.63) is 131 Å². The van der Waals surface area contributed by atoms with Gasteiger partial charge in [0.15, 0.2) is 0 Å². The second-order valence-corrected chi connectivity index (χ2v) is 10.1. The van der Waals surface area contributed by atoms with Crippen molar-refractivity contribution in [3.63, 3.8) is 0 Å². The van der Waals surface area contributed by atoms with Crippen LogP contribution < -0.4 is 20.5 Å². The summed E-state index contributed by atoms with van der Waals surface area (Å²) in [6.07, 6.45) is 1.66. The number of hydrogen-bond acceptors (Lipinski definition) is 6. The summed E-state index contributed by atoms with van der Waals surface area (Å²) in [5, 5.41) is 3.59. The van der Waals surface area contributed by atoms with Gasteiger partial charge in [0, 0.05) is 29.7 Å². The van der Waals surface area contributed by atoms with Gasteiger partial charge < -0.3 is 20.5 Å². The van der Waals surface area contributed by atoms with E-state index >= 15 is 0 Å². The predicted molar refractivity (Wildman–Crippen MR) is 151 cm³/mol. The van der Waals surface area contributed by atoms with Crippen molar-refractivity contribution in [2.24, 2.45) is 5.73 Å². The van der Waals surface area contributed by atoms with Crippen LogP contribution in [0.1, 0.15) is 33.9 Å². The van der Waals surface area contributed by atoms with Crippen molar-refractivity contribution in [1.82, 2.24) is 9.62 Å². The van der Waals surface area contributed by atoms with Gasteiger partial charge in [0.05, 0.1) is 26.0 Å². The smallest absolute Gasteiger partial charge is 0.118 e. The van der Waals surface area contributed by atoms with E-state index < -0.39 is 0 Å². The topological polar surface area (TPSA) is 59.8 Å². The van der Waals surface area contributed by atoms with Gasteiger partial charge in [-0.2, -0.15) is 0 Å². The molecule has 0 amide bonds. The summed E-state index contributed by atoms with van der Waals surface area (Å²) in [6.45, 7) is 1.57. The predicted octanol–water partition coefficient (Wildman–Crippen LogP) is 6.36. The molecule has 5 rings (SSSR count). The maximum Gasteiger partial charge on any atom is 0.118 e. The Labute approximate surface area is 223 Å². The first-order chi connectivity index (χ1) is 18.2. The second-order valence-electron chi connectivity index (χ2n) is 8.90. The number of nitrogens with one attached hydrogen (secondary N) is 1. The second kappa shape index (κ2) is 11.5. The number of methoxy groups -OCH3 is 2. The monoisotopic (exact) mass is 509 g/mol. The van der Waals surface area contributed by atoms with Crippen LogP contribution in [-0.2, 0) is 13.1 Å². The molecular weight excluding hydrogens is 478 g/mol. The Balaban J connectivity index is 1.40. The number of nitrogens with two attached hydrogens (primary N) is 1. The summed E-state index contributed by atoms with van der Waals surface area (Å²) in [6, 6.07) is 33.8. The minimum absolute atomic E-state index is 0.0724. The average Bonchev–Trinajstić information content (AvgIpc) is 3.33. The minimum Gasteiger partial charge on any atom is -0.497 e. The Bertz CT molecular complexity index is 1320. The lowest BCUT2D eigenvalue weighted by molar-refractivity contribution is 0.413. The van der Waals surface area contributed by atoms with Crippen LogP contribution in [0.2, 0.25) is 0 Å². The number of ether oxygens (including phenoxy) is 2. The van der Waals surface area contributed by atoms with Crippen LogP contribution >= 0.6 is 11.9 Å². The summed E-state index contributed by atoms with van der Waals surface area (Å²) in [5.41, 5.74) is 13.0. The lowest BCUT2D eigenvalue weighted by Gasteiger charge is -2.23. The highest BCUT2D eigenvalue weighted by Gasteiger charge is 2.26. The molecule has 0 radical (unpaired) electrons. The third-order valence-corrected chi connectivity index (χ3v) is 7.47. The van der Waals surface area contributed by atoms with Crippen molar-refractivity contribution in [1.29, 1.82) is 0 Å². The molecule has 4 aromatic carbocycles. The zero-order chi connectivity index (χ0) is 25.6. The molecule has 0 fully saturated rings. The molecular formula is C31H31N3O2S. The van der Waals surface area contributed by atoms with Gasteiger partial charge in [-0.1, -0.05) is 60.7 Å². The fraction of sp³-hybridized carbons (Fsp3) is 0.161. The normalized spacial score (nSPS) is 15.4. The van der Waals surface area contributed by atoms with Gasteiger partial charge >= 0.3 is 0 Å². The van der Waals surface area contributed by atoms with Gasteiger partial charge in [0.2, 0.25) is 0 Å². The van der Waals surface area contributed by atoms with E-state index in [0.29, 0.717) is 0 Å². The molecule has 1 aliphatic heterocycles. The first-order valence-electron chi connectivity index (χ1n) is 12.2. The fourth-order valence-electron chi connectivity index (χ4n) is 4.60. The Kier molecular flexibility index (Phi) is 7.68. The number of benzene rings is 4. The molecule has 1 aliphatic rings. The van der Waals surface area contributed by atoms with Crippen LogP contribution in [0.4, 0.5) is 0 Å². The highest BCUT2D eigenvalue weighted by atomic mass is 32.2. The molecule has 6 heteroatoms. The van der Waals surface area contributed by atoms with E-state index in [1.54, 1.807) is 32.4 Å². The van der Waals surface area contributed by atoms with Gasteiger partial charge in [-0.3, -0.25) is 0 Å². The first-order valence-corrected chi connectivity index (χ1v) is 13.0. The van der Waals surface area contributed by atoms with E-state index in [1.807, 2.05) is 24.3 Å². The lowest BCUT2D eigenvalue weighted by Crippen LogP contribution is -2.16.